The Balaban J connectivity index is 2.73. The minimum atomic E-state index is -1.42. The van der Waals surface area contributed by atoms with E-state index in [0.29, 0.717) is 19.4 Å². The highest BCUT2D eigenvalue weighted by Gasteiger charge is 2.29. The minimum absolute atomic E-state index is 0.126. The monoisotopic (exact) mass is 478 g/mol. The van der Waals surface area contributed by atoms with Crippen LogP contribution in [0, 0.1) is 0 Å². The summed E-state index contributed by atoms with van der Waals surface area (Å²) in [5.41, 5.74) is 17.3. The van der Waals surface area contributed by atoms with Crippen LogP contribution in [-0.4, -0.2) is 65.4 Å². The van der Waals surface area contributed by atoms with Gasteiger partial charge in [0.25, 0.3) is 0 Å². The van der Waals surface area contributed by atoms with Crippen LogP contribution in [0.25, 0.3) is 0 Å². The van der Waals surface area contributed by atoms with Crippen molar-refractivity contribution in [3.05, 3.63) is 35.9 Å². The molecule has 4 atom stereocenters. The van der Waals surface area contributed by atoms with Gasteiger partial charge in [0.15, 0.2) is 0 Å². The molecular weight excluding hydrogens is 444 g/mol. The first-order valence-electron chi connectivity index (χ1n) is 11.0. The number of nitrogens with one attached hydrogen (secondary N) is 3. The molecule has 1 rings (SSSR count). The fourth-order valence-corrected chi connectivity index (χ4v) is 3.08. The number of benzene rings is 1. The highest BCUT2D eigenvalue weighted by atomic mass is 16.4. The normalized spacial score (nSPS) is 14.2. The number of unbranched alkanes of at least 4 members (excludes halogenated alkanes) is 1. The molecule has 4 amide bonds. The quantitative estimate of drug-likeness (QED) is 0.141. The van der Waals surface area contributed by atoms with Crippen molar-refractivity contribution in [2.24, 2.45) is 17.2 Å². The molecule has 0 saturated heterocycles. The zero-order valence-electron chi connectivity index (χ0n) is 19.2. The molecule has 0 radical (unpaired) electrons. The fraction of sp³-hybridized carbons (Fsp3) is 0.500. The summed E-state index contributed by atoms with van der Waals surface area (Å²) in [7, 11) is 0. The van der Waals surface area contributed by atoms with Crippen molar-refractivity contribution in [2.45, 2.75) is 63.2 Å². The van der Waals surface area contributed by atoms with E-state index in [-0.39, 0.29) is 12.8 Å². The van der Waals surface area contributed by atoms with Crippen molar-refractivity contribution in [2.75, 3.05) is 6.54 Å². The molecule has 0 heterocycles. The van der Waals surface area contributed by atoms with Gasteiger partial charge in [-0.25, -0.2) is 4.79 Å². The molecule has 0 spiro atoms. The summed E-state index contributed by atoms with van der Waals surface area (Å²) in [5.74, 6) is -4.36. The number of carboxylic acids is 1. The van der Waals surface area contributed by atoms with Crippen LogP contribution in [0.15, 0.2) is 30.3 Å². The number of hydrogen-bond donors (Lipinski definition) is 7. The second kappa shape index (κ2) is 14.6. The van der Waals surface area contributed by atoms with Crippen molar-refractivity contribution in [3.8, 4) is 0 Å². The highest BCUT2D eigenvalue weighted by molar-refractivity contribution is 5.95. The lowest BCUT2D eigenvalue weighted by Crippen LogP contribution is -2.57. The molecule has 12 nitrogen and oxygen atoms in total. The molecule has 0 aliphatic carbocycles. The maximum absolute atomic E-state index is 12.6. The van der Waals surface area contributed by atoms with Crippen molar-refractivity contribution >= 4 is 29.6 Å². The Morgan fingerprint density at radius 3 is 2.09 bits per heavy atom. The predicted octanol–water partition coefficient (Wildman–Crippen LogP) is -1.88. The molecular formula is C22H34N6O6. The van der Waals surface area contributed by atoms with Crippen LogP contribution >= 0.6 is 0 Å². The lowest BCUT2D eigenvalue weighted by Gasteiger charge is -2.23. The van der Waals surface area contributed by atoms with Gasteiger partial charge >= 0.3 is 5.97 Å². The second-order valence-electron chi connectivity index (χ2n) is 7.94. The molecule has 1 aromatic carbocycles. The number of primary amides is 1. The van der Waals surface area contributed by atoms with Crippen LogP contribution in [-0.2, 0) is 30.4 Å². The molecule has 0 aromatic heterocycles. The Morgan fingerprint density at radius 2 is 1.53 bits per heavy atom. The molecule has 188 valence electrons. The van der Waals surface area contributed by atoms with Gasteiger partial charge in [0, 0.05) is 0 Å². The van der Waals surface area contributed by atoms with E-state index in [1.165, 1.54) is 6.92 Å². The summed E-state index contributed by atoms with van der Waals surface area (Å²) in [4.78, 5) is 60.4. The number of amides is 4. The number of hydrogen-bond acceptors (Lipinski definition) is 7. The Kier molecular flexibility index (Phi) is 12.2. The topological polar surface area (TPSA) is 220 Å². The van der Waals surface area contributed by atoms with Crippen LogP contribution in [0.1, 0.15) is 38.2 Å². The SMILES string of the molecule is CC(NC(=O)C(N)Cc1ccccc1)C(=O)NC(CC(N)=O)C(=O)NC(CCCCN)C(=O)O. The van der Waals surface area contributed by atoms with E-state index in [4.69, 9.17) is 17.2 Å². The molecule has 0 fully saturated rings. The van der Waals surface area contributed by atoms with Crippen LogP contribution in [0.2, 0.25) is 0 Å². The average molecular weight is 479 g/mol. The van der Waals surface area contributed by atoms with Crippen molar-refractivity contribution < 1.29 is 29.1 Å². The van der Waals surface area contributed by atoms with Gasteiger partial charge in [-0.1, -0.05) is 30.3 Å². The summed E-state index contributed by atoms with van der Waals surface area (Å²) in [5, 5.41) is 16.4. The van der Waals surface area contributed by atoms with E-state index in [9.17, 15) is 29.1 Å². The summed E-state index contributed by atoms with van der Waals surface area (Å²) < 4.78 is 0. The Hall–Kier alpha value is -3.51. The first kappa shape index (κ1) is 28.5. The van der Waals surface area contributed by atoms with Crippen LogP contribution < -0.4 is 33.2 Å². The molecule has 0 bridgehead atoms. The zero-order valence-corrected chi connectivity index (χ0v) is 19.2. The fourth-order valence-electron chi connectivity index (χ4n) is 3.08. The summed E-state index contributed by atoms with van der Waals surface area (Å²) >= 11 is 0. The van der Waals surface area contributed by atoms with Crippen molar-refractivity contribution in [1.82, 2.24) is 16.0 Å². The van der Waals surface area contributed by atoms with Crippen LogP contribution in [0.5, 0.6) is 0 Å². The summed E-state index contributed by atoms with van der Waals surface area (Å²) in [6.07, 6.45) is 0.869. The summed E-state index contributed by atoms with van der Waals surface area (Å²) in [6, 6.07) is 4.45. The molecule has 0 aliphatic rings. The van der Waals surface area contributed by atoms with Gasteiger partial charge in [-0.05, 0) is 44.7 Å². The lowest BCUT2D eigenvalue weighted by molar-refractivity contribution is -0.142. The standard InChI is InChI=1S/C22H34N6O6/c1-13(26-20(31)15(24)11-14-7-3-2-4-8-14)19(30)28-17(12-18(25)29)21(32)27-16(22(33)34)9-5-6-10-23/h2-4,7-8,13,15-17H,5-6,9-12,23-24H2,1H3,(H2,25,29)(H,26,31)(H,27,32)(H,28,30)(H,33,34). The molecule has 10 N–H and O–H groups in total. The molecule has 0 saturated carbocycles. The lowest BCUT2D eigenvalue weighted by atomic mass is 10.1. The van der Waals surface area contributed by atoms with Crippen LogP contribution in [0.3, 0.4) is 0 Å². The molecule has 4 unspecified atom stereocenters. The van der Waals surface area contributed by atoms with Gasteiger partial charge in [0.05, 0.1) is 12.5 Å². The Labute approximate surface area is 198 Å². The minimum Gasteiger partial charge on any atom is -0.480 e. The Bertz CT molecular complexity index is 850. The second-order valence-corrected chi connectivity index (χ2v) is 7.94. The zero-order chi connectivity index (χ0) is 25.7. The first-order chi connectivity index (χ1) is 16.0. The third-order valence-electron chi connectivity index (χ3n) is 4.99. The number of rotatable bonds is 15. The number of carbonyl (C=O) groups excluding carboxylic acids is 4. The van der Waals surface area contributed by atoms with E-state index in [0.717, 1.165) is 5.56 Å². The molecule has 1 aromatic rings. The summed E-state index contributed by atoms with van der Waals surface area (Å²) in [6.45, 7) is 1.76. The third kappa shape index (κ3) is 10.4. The smallest absolute Gasteiger partial charge is 0.326 e. The predicted molar refractivity (Wildman–Crippen MR) is 124 cm³/mol. The number of carbonyl (C=O) groups is 5. The molecule has 12 heteroatoms. The molecule has 34 heavy (non-hydrogen) atoms. The highest BCUT2D eigenvalue weighted by Crippen LogP contribution is 2.04. The van der Waals surface area contributed by atoms with Gasteiger partial charge in [-0.3, -0.25) is 19.2 Å². The van der Waals surface area contributed by atoms with Gasteiger partial charge < -0.3 is 38.3 Å². The van der Waals surface area contributed by atoms with Gasteiger partial charge in [0.1, 0.15) is 18.1 Å². The maximum Gasteiger partial charge on any atom is 0.326 e. The van der Waals surface area contributed by atoms with E-state index >= 15 is 0 Å². The number of carboxylic acid groups (broad SMARTS) is 1. The van der Waals surface area contributed by atoms with Gasteiger partial charge in [0.2, 0.25) is 23.6 Å². The molecule has 0 aliphatic heterocycles. The Morgan fingerprint density at radius 1 is 0.912 bits per heavy atom. The largest absolute Gasteiger partial charge is 0.480 e. The van der Waals surface area contributed by atoms with E-state index < -0.39 is 60.2 Å². The van der Waals surface area contributed by atoms with E-state index in [1.807, 2.05) is 30.3 Å². The van der Waals surface area contributed by atoms with Gasteiger partial charge in [-0.2, -0.15) is 0 Å². The number of aliphatic carboxylic acids is 1. The van der Waals surface area contributed by atoms with E-state index in [1.54, 1.807) is 0 Å². The van der Waals surface area contributed by atoms with Crippen molar-refractivity contribution in [1.29, 1.82) is 0 Å². The van der Waals surface area contributed by atoms with Crippen LogP contribution in [0.4, 0.5) is 0 Å². The average Bonchev–Trinajstić information content (AvgIpc) is 2.77. The third-order valence-corrected chi connectivity index (χ3v) is 4.99. The van der Waals surface area contributed by atoms with Gasteiger partial charge in [-0.15, -0.1) is 0 Å². The number of nitrogens with two attached hydrogens (primary N) is 3. The maximum atomic E-state index is 12.6. The first-order valence-corrected chi connectivity index (χ1v) is 11.0. The van der Waals surface area contributed by atoms with Crippen molar-refractivity contribution in [3.63, 3.8) is 0 Å². The van der Waals surface area contributed by atoms with E-state index in [2.05, 4.69) is 16.0 Å².